The van der Waals surface area contributed by atoms with Crippen molar-refractivity contribution in [2.24, 2.45) is 0 Å². The monoisotopic (exact) mass is 239 g/mol. The molecule has 1 rings (SSSR count). The Labute approximate surface area is 102 Å². The summed E-state index contributed by atoms with van der Waals surface area (Å²) in [5.41, 5.74) is 6.77. The minimum Gasteiger partial charge on any atom is -0.398 e. The third-order valence-electron chi connectivity index (χ3n) is 2.58. The van der Waals surface area contributed by atoms with Crippen LogP contribution >= 0.6 is 11.6 Å². The van der Waals surface area contributed by atoms with Crippen molar-refractivity contribution >= 4 is 23.1 Å². The largest absolute Gasteiger partial charge is 0.398 e. The Bertz CT molecular complexity index is 363. The topological polar surface area (TPSA) is 43.1 Å². The lowest BCUT2D eigenvalue weighted by atomic mass is 10.0. The molecule has 0 spiro atoms. The van der Waals surface area contributed by atoms with Crippen LogP contribution in [-0.2, 0) is 0 Å². The zero-order valence-corrected chi connectivity index (χ0v) is 10.4. The number of unbranched alkanes of at least 4 members (excludes halogenated alkanes) is 3. The van der Waals surface area contributed by atoms with Crippen LogP contribution in [0.1, 0.15) is 49.4 Å². The average Bonchev–Trinajstić information content (AvgIpc) is 2.28. The van der Waals surface area contributed by atoms with Gasteiger partial charge in [0.2, 0.25) is 0 Å². The number of carbonyl (C=O) groups excluding carboxylic acids is 1. The van der Waals surface area contributed by atoms with Crippen LogP contribution < -0.4 is 5.73 Å². The number of Topliss-reactive ketones (excluding diaryl/α,β-unsaturated/α-hetero) is 1. The van der Waals surface area contributed by atoms with Crippen LogP contribution in [0.15, 0.2) is 18.2 Å². The van der Waals surface area contributed by atoms with Crippen molar-refractivity contribution in [3.05, 3.63) is 28.8 Å². The number of benzene rings is 1. The maximum Gasteiger partial charge on any atom is 0.162 e. The zero-order valence-electron chi connectivity index (χ0n) is 9.63. The van der Waals surface area contributed by atoms with Crippen LogP contribution in [0.5, 0.6) is 0 Å². The summed E-state index contributed by atoms with van der Waals surface area (Å²) < 4.78 is 0. The first-order valence-electron chi connectivity index (χ1n) is 5.73. The van der Waals surface area contributed by atoms with Crippen molar-refractivity contribution in [2.75, 3.05) is 5.73 Å². The number of hydrogen-bond donors (Lipinski definition) is 1. The minimum absolute atomic E-state index is 0.151. The van der Waals surface area contributed by atoms with Crippen molar-refractivity contribution in [1.29, 1.82) is 0 Å². The van der Waals surface area contributed by atoms with E-state index in [4.69, 9.17) is 17.3 Å². The Morgan fingerprint density at radius 3 is 2.69 bits per heavy atom. The normalized spacial score (nSPS) is 10.4. The number of hydrogen-bond acceptors (Lipinski definition) is 2. The molecule has 16 heavy (non-hydrogen) atoms. The van der Waals surface area contributed by atoms with Gasteiger partial charge in [-0.05, 0) is 24.6 Å². The molecule has 88 valence electrons. The van der Waals surface area contributed by atoms with Crippen LogP contribution in [0, 0.1) is 0 Å². The van der Waals surface area contributed by atoms with Crippen molar-refractivity contribution in [3.8, 4) is 0 Å². The van der Waals surface area contributed by atoms with Crippen LogP contribution in [-0.4, -0.2) is 5.78 Å². The minimum atomic E-state index is 0.151. The molecule has 3 heteroatoms. The lowest BCUT2D eigenvalue weighted by molar-refractivity contribution is 0.0979. The number of halogens is 1. The summed E-state index contributed by atoms with van der Waals surface area (Å²) >= 11 is 5.86. The van der Waals surface area contributed by atoms with E-state index in [0.717, 1.165) is 12.8 Å². The molecule has 0 saturated heterocycles. The van der Waals surface area contributed by atoms with Crippen LogP contribution in [0.4, 0.5) is 5.69 Å². The van der Waals surface area contributed by atoms with Gasteiger partial charge in [0, 0.05) is 12.0 Å². The molecule has 0 atom stereocenters. The van der Waals surface area contributed by atoms with E-state index in [1.54, 1.807) is 18.2 Å². The Kier molecular flexibility index (Phi) is 5.33. The van der Waals surface area contributed by atoms with Crippen molar-refractivity contribution < 1.29 is 4.79 Å². The van der Waals surface area contributed by atoms with Crippen LogP contribution in [0.2, 0.25) is 5.02 Å². The van der Waals surface area contributed by atoms with Gasteiger partial charge in [-0.3, -0.25) is 4.79 Å². The van der Waals surface area contributed by atoms with Gasteiger partial charge >= 0.3 is 0 Å². The van der Waals surface area contributed by atoms with Gasteiger partial charge < -0.3 is 5.73 Å². The summed E-state index contributed by atoms with van der Waals surface area (Å²) in [5, 5.41) is 0.458. The van der Waals surface area contributed by atoms with Gasteiger partial charge in [-0.2, -0.15) is 0 Å². The first kappa shape index (κ1) is 13.0. The smallest absolute Gasteiger partial charge is 0.162 e. The SMILES string of the molecule is CCCCCCC(=O)c1ccc(N)c(Cl)c1. The van der Waals surface area contributed by atoms with Gasteiger partial charge in [-0.25, -0.2) is 0 Å². The van der Waals surface area contributed by atoms with E-state index >= 15 is 0 Å². The average molecular weight is 240 g/mol. The summed E-state index contributed by atoms with van der Waals surface area (Å²) in [4.78, 5) is 11.8. The lowest BCUT2D eigenvalue weighted by Crippen LogP contribution is -1.99. The molecule has 0 amide bonds. The van der Waals surface area contributed by atoms with Gasteiger partial charge in [0.25, 0.3) is 0 Å². The van der Waals surface area contributed by atoms with E-state index in [2.05, 4.69) is 6.92 Å². The van der Waals surface area contributed by atoms with E-state index in [1.165, 1.54) is 12.8 Å². The molecular formula is C13H18ClNO. The maximum atomic E-state index is 11.8. The first-order chi connectivity index (χ1) is 7.65. The summed E-state index contributed by atoms with van der Waals surface area (Å²) in [6, 6.07) is 5.07. The fourth-order valence-electron chi connectivity index (χ4n) is 1.56. The number of ketones is 1. The van der Waals surface area contributed by atoms with E-state index in [0.29, 0.717) is 22.7 Å². The Balaban J connectivity index is 2.50. The van der Waals surface area contributed by atoms with E-state index in [1.807, 2.05) is 0 Å². The molecule has 0 bridgehead atoms. The molecule has 2 N–H and O–H groups in total. The Hall–Kier alpha value is -1.02. The molecule has 0 saturated carbocycles. The van der Waals surface area contributed by atoms with Gasteiger partial charge in [0.15, 0.2) is 5.78 Å². The third kappa shape index (κ3) is 3.86. The molecule has 2 nitrogen and oxygen atoms in total. The number of carbonyl (C=O) groups is 1. The molecule has 0 aliphatic carbocycles. The maximum absolute atomic E-state index is 11.8. The molecule has 1 aromatic carbocycles. The standard InChI is InChI=1S/C13H18ClNO/c1-2-3-4-5-6-13(16)10-7-8-12(15)11(14)9-10/h7-9H,2-6,15H2,1H3. The first-order valence-corrected chi connectivity index (χ1v) is 6.11. The number of nitrogens with two attached hydrogens (primary N) is 1. The van der Waals surface area contributed by atoms with E-state index in [9.17, 15) is 4.79 Å². The quantitative estimate of drug-likeness (QED) is 0.462. The third-order valence-corrected chi connectivity index (χ3v) is 2.91. The fraction of sp³-hybridized carbons (Fsp3) is 0.462. The molecule has 0 aromatic heterocycles. The highest BCUT2D eigenvalue weighted by Crippen LogP contribution is 2.21. The molecule has 0 fully saturated rings. The summed E-state index contributed by atoms with van der Waals surface area (Å²) in [6.45, 7) is 2.15. The summed E-state index contributed by atoms with van der Waals surface area (Å²) in [6.07, 6.45) is 5.04. The second kappa shape index (κ2) is 6.54. The lowest BCUT2D eigenvalue weighted by Gasteiger charge is -2.03. The highest BCUT2D eigenvalue weighted by Gasteiger charge is 2.07. The molecule has 0 unspecified atom stereocenters. The van der Waals surface area contributed by atoms with Crippen LogP contribution in [0.3, 0.4) is 0 Å². The molecular weight excluding hydrogens is 222 g/mol. The molecule has 1 aromatic rings. The molecule has 0 aliphatic rings. The van der Waals surface area contributed by atoms with Crippen LogP contribution in [0.25, 0.3) is 0 Å². The van der Waals surface area contributed by atoms with Crippen molar-refractivity contribution in [1.82, 2.24) is 0 Å². The number of nitrogen functional groups attached to an aromatic ring is 1. The predicted octanol–water partition coefficient (Wildman–Crippen LogP) is 4.08. The Morgan fingerprint density at radius 1 is 1.31 bits per heavy atom. The molecule has 0 aliphatic heterocycles. The molecule has 0 heterocycles. The molecule has 0 radical (unpaired) electrons. The highest BCUT2D eigenvalue weighted by molar-refractivity contribution is 6.33. The zero-order chi connectivity index (χ0) is 12.0. The summed E-state index contributed by atoms with van der Waals surface area (Å²) in [5.74, 6) is 0.151. The van der Waals surface area contributed by atoms with Gasteiger partial charge in [0.1, 0.15) is 0 Å². The van der Waals surface area contributed by atoms with Crippen molar-refractivity contribution in [2.45, 2.75) is 39.0 Å². The Morgan fingerprint density at radius 2 is 2.06 bits per heavy atom. The van der Waals surface area contributed by atoms with Crippen molar-refractivity contribution in [3.63, 3.8) is 0 Å². The van der Waals surface area contributed by atoms with E-state index in [-0.39, 0.29) is 5.78 Å². The number of anilines is 1. The van der Waals surface area contributed by atoms with Gasteiger partial charge in [0.05, 0.1) is 10.7 Å². The predicted molar refractivity (Wildman–Crippen MR) is 69.0 cm³/mol. The second-order valence-corrected chi connectivity index (χ2v) is 4.38. The van der Waals surface area contributed by atoms with E-state index < -0.39 is 0 Å². The van der Waals surface area contributed by atoms with Gasteiger partial charge in [-0.15, -0.1) is 0 Å². The fourth-order valence-corrected chi connectivity index (χ4v) is 1.74. The second-order valence-electron chi connectivity index (χ2n) is 3.97. The summed E-state index contributed by atoms with van der Waals surface area (Å²) in [7, 11) is 0. The number of rotatable bonds is 6. The van der Waals surface area contributed by atoms with Gasteiger partial charge in [-0.1, -0.05) is 37.8 Å². The highest BCUT2D eigenvalue weighted by atomic mass is 35.5.